The van der Waals surface area contributed by atoms with Crippen molar-refractivity contribution in [3.8, 4) is 28.1 Å². The lowest BCUT2D eigenvalue weighted by Gasteiger charge is -2.13. The standard InChI is InChI=1S/C25H27NO5.ClH/c1-29-14-15-31-13-3-4-18-16-23(19-5-7-21(8-6-19)25(27)28)24(26-17-18)20-9-11-22(30-2)12-10-20;/h5-12,16-17H,3-4,13-15H2,1-2H3,(H,27,28);1H. The third kappa shape index (κ3) is 6.79. The second-order valence-corrected chi connectivity index (χ2v) is 7.06. The largest absolute Gasteiger partial charge is 0.497 e. The van der Waals surface area contributed by atoms with Gasteiger partial charge in [-0.3, -0.25) is 4.98 Å². The van der Waals surface area contributed by atoms with E-state index in [0.29, 0.717) is 19.8 Å². The summed E-state index contributed by atoms with van der Waals surface area (Å²) in [6.45, 7) is 1.84. The molecule has 3 rings (SSSR count). The summed E-state index contributed by atoms with van der Waals surface area (Å²) in [7, 11) is 3.29. The third-order valence-electron chi connectivity index (χ3n) is 4.94. The van der Waals surface area contributed by atoms with Crippen LogP contribution in [-0.2, 0) is 15.9 Å². The highest BCUT2D eigenvalue weighted by Gasteiger charge is 2.12. The van der Waals surface area contributed by atoms with E-state index in [2.05, 4.69) is 6.07 Å². The molecule has 0 fully saturated rings. The van der Waals surface area contributed by atoms with Crippen molar-refractivity contribution in [1.82, 2.24) is 4.98 Å². The van der Waals surface area contributed by atoms with Gasteiger partial charge in [-0.2, -0.15) is 0 Å². The molecule has 0 aliphatic heterocycles. The van der Waals surface area contributed by atoms with Crippen LogP contribution in [0.4, 0.5) is 0 Å². The molecule has 0 bridgehead atoms. The van der Waals surface area contributed by atoms with Crippen molar-refractivity contribution in [3.63, 3.8) is 0 Å². The van der Waals surface area contributed by atoms with Gasteiger partial charge in [-0.15, -0.1) is 12.4 Å². The molecule has 7 heteroatoms. The van der Waals surface area contributed by atoms with E-state index < -0.39 is 5.97 Å². The lowest BCUT2D eigenvalue weighted by molar-refractivity contribution is 0.0695. The van der Waals surface area contributed by atoms with E-state index in [1.165, 1.54) is 0 Å². The van der Waals surface area contributed by atoms with Crippen LogP contribution >= 0.6 is 12.4 Å². The molecule has 170 valence electrons. The quantitative estimate of drug-likeness (QED) is 0.402. The molecule has 0 aliphatic carbocycles. The zero-order valence-corrected chi connectivity index (χ0v) is 19.1. The average Bonchev–Trinajstić information content (AvgIpc) is 2.81. The smallest absolute Gasteiger partial charge is 0.335 e. The van der Waals surface area contributed by atoms with Gasteiger partial charge < -0.3 is 19.3 Å². The Labute approximate surface area is 194 Å². The van der Waals surface area contributed by atoms with Gasteiger partial charge in [-0.25, -0.2) is 4.79 Å². The van der Waals surface area contributed by atoms with E-state index >= 15 is 0 Å². The monoisotopic (exact) mass is 457 g/mol. The van der Waals surface area contributed by atoms with Crippen LogP contribution in [0.25, 0.3) is 22.4 Å². The van der Waals surface area contributed by atoms with Crippen molar-refractivity contribution < 1.29 is 24.1 Å². The summed E-state index contributed by atoms with van der Waals surface area (Å²) >= 11 is 0. The number of benzene rings is 2. The number of carboxylic acid groups (broad SMARTS) is 1. The maximum Gasteiger partial charge on any atom is 0.335 e. The summed E-state index contributed by atoms with van der Waals surface area (Å²) in [6, 6.07) is 16.8. The number of carboxylic acids is 1. The summed E-state index contributed by atoms with van der Waals surface area (Å²) in [6.07, 6.45) is 3.61. The summed E-state index contributed by atoms with van der Waals surface area (Å²) < 4.78 is 15.8. The number of methoxy groups -OCH3 is 2. The van der Waals surface area contributed by atoms with Gasteiger partial charge in [0.05, 0.1) is 31.6 Å². The number of aromatic carboxylic acids is 1. The Morgan fingerprint density at radius 2 is 1.62 bits per heavy atom. The van der Waals surface area contributed by atoms with Gasteiger partial charge in [-0.1, -0.05) is 12.1 Å². The van der Waals surface area contributed by atoms with Crippen LogP contribution in [-0.4, -0.2) is 50.1 Å². The topological polar surface area (TPSA) is 77.9 Å². The van der Waals surface area contributed by atoms with Crippen LogP contribution in [0.5, 0.6) is 5.75 Å². The molecule has 1 heterocycles. The van der Waals surface area contributed by atoms with Crippen molar-refractivity contribution in [2.24, 2.45) is 0 Å². The predicted molar refractivity (Wildman–Crippen MR) is 127 cm³/mol. The third-order valence-corrected chi connectivity index (χ3v) is 4.94. The molecule has 0 amide bonds. The van der Waals surface area contributed by atoms with Crippen molar-refractivity contribution in [2.75, 3.05) is 34.0 Å². The Morgan fingerprint density at radius 1 is 0.938 bits per heavy atom. The highest BCUT2D eigenvalue weighted by molar-refractivity contribution is 5.89. The normalized spacial score (nSPS) is 10.4. The molecular weight excluding hydrogens is 430 g/mol. The fourth-order valence-corrected chi connectivity index (χ4v) is 3.26. The SMILES string of the molecule is COCCOCCCc1cnc(-c2ccc(OC)cc2)c(-c2ccc(C(=O)O)cc2)c1.Cl. The Morgan fingerprint density at radius 3 is 2.25 bits per heavy atom. The van der Waals surface area contributed by atoms with Gasteiger partial charge in [0.1, 0.15) is 5.75 Å². The summed E-state index contributed by atoms with van der Waals surface area (Å²) in [4.78, 5) is 16.0. The zero-order valence-electron chi connectivity index (χ0n) is 18.2. The number of nitrogens with zero attached hydrogens (tertiary/aromatic N) is 1. The van der Waals surface area contributed by atoms with Crippen molar-refractivity contribution in [1.29, 1.82) is 0 Å². The molecule has 0 unspecified atom stereocenters. The Bertz CT molecular complexity index is 990. The number of carbonyl (C=O) groups is 1. The second-order valence-electron chi connectivity index (χ2n) is 7.06. The van der Waals surface area contributed by atoms with Gasteiger partial charge >= 0.3 is 5.97 Å². The molecule has 1 N–H and O–H groups in total. The first-order chi connectivity index (χ1) is 15.1. The zero-order chi connectivity index (χ0) is 22.1. The Kier molecular flexibility index (Phi) is 10.1. The van der Waals surface area contributed by atoms with E-state index in [-0.39, 0.29) is 18.0 Å². The highest BCUT2D eigenvalue weighted by Crippen LogP contribution is 2.32. The summed E-state index contributed by atoms with van der Waals surface area (Å²) in [5, 5.41) is 9.20. The van der Waals surface area contributed by atoms with Gasteiger partial charge in [0, 0.05) is 31.0 Å². The molecule has 0 aliphatic rings. The van der Waals surface area contributed by atoms with Crippen LogP contribution in [0.3, 0.4) is 0 Å². The minimum absolute atomic E-state index is 0. The fourth-order valence-electron chi connectivity index (χ4n) is 3.26. The molecule has 2 aromatic carbocycles. The maximum atomic E-state index is 11.2. The summed E-state index contributed by atoms with van der Waals surface area (Å²) in [5.74, 6) is -0.163. The Hall–Kier alpha value is -2.93. The second kappa shape index (κ2) is 12.8. The lowest BCUT2D eigenvalue weighted by atomic mass is 9.96. The Balaban J connectivity index is 0.00000363. The molecule has 0 saturated carbocycles. The molecule has 3 aromatic rings. The lowest BCUT2D eigenvalue weighted by Crippen LogP contribution is -2.04. The molecule has 0 spiro atoms. The predicted octanol–water partition coefficient (Wildman–Crippen LogP) is 5.14. The van der Waals surface area contributed by atoms with Crippen LogP contribution in [0.15, 0.2) is 60.8 Å². The average molecular weight is 458 g/mol. The number of aryl methyl sites for hydroxylation is 1. The first-order valence-corrected chi connectivity index (χ1v) is 10.2. The van der Waals surface area contributed by atoms with Crippen molar-refractivity contribution in [3.05, 3.63) is 71.9 Å². The van der Waals surface area contributed by atoms with E-state index in [4.69, 9.17) is 19.2 Å². The first kappa shape index (κ1) is 25.3. The van der Waals surface area contributed by atoms with E-state index in [9.17, 15) is 9.90 Å². The van der Waals surface area contributed by atoms with Crippen molar-refractivity contribution >= 4 is 18.4 Å². The number of aromatic nitrogens is 1. The molecule has 0 radical (unpaired) electrons. The van der Waals surface area contributed by atoms with Gasteiger partial charge in [0.2, 0.25) is 0 Å². The van der Waals surface area contributed by atoms with Gasteiger partial charge in [0.25, 0.3) is 0 Å². The fraction of sp³-hybridized carbons (Fsp3) is 0.280. The first-order valence-electron chi connectivity index (χ1n) is 10.2. The molecule has 1 aromatic heterocycles. The number of ether oxygens (including phenoxy) is 3. The molecule has 6 nitrogen and oxygen atoms in total. The number of halogens is 1. The van der Waals surface area contributed by atoms with Crippen LogP contribution in [0.1, 0.15) is 22.3 Å². The van der Waals surface area contributed by atoms with Crippen LogP contribution in [0.2, 0.25) is 0 Å². The van der Waals surface area contributed by atoms with E-state index in [1.54, 1.807) is 26.4 Å². The number of hydrogen-bond acceptors (Lipinski definition) is 5. The van der Waals surface area contributed by atoms with E-state index in [0.717, 1.165) is 46.5 Å². The molecule has 0 atom stereocenters. The van der Waals surface area contributed by atoms with E-state index in [1.807, 2.05) is 42.6 Å². The number of rotatable bonds is 11. The minimum Gasteiger partial charge on any atom is -0.497 e. The molecule has 32 heavy (non-hydrogen) atoms. The van der Waals surface area contributed by atoms with Gasteiger partial charge in [0.15, 0.2) is 0 Å². The van der Waals surface area contributed by atoms with Crippen molar-refractivity contribution in [2.45, 2.75) is 12.8 Å². The minimum atomic E-state index is -0.942. The summed E-state index contributed by atoms with van der Waals surface area (Å²) in [5.41, 5.74) is 5.04. The molecule has 0 saturated heterocycles. The van der Waals surface area contributed by atoms with Crippen LogP contribution in [0, 0.1) is 0 Å². The number of pyridine rings is 1. The number of hydrogen-bond donors (Lipinski definition) is 1. The maximum absolute atomic E-state index is 11.2. The van der Waals surface area contributed by atoms with Crippen LogP contribution < -0.4 is 4.74 Å². The van der Waals surface area contributed by atoms with Gasteiger partial charge in [-0.05, 0) is 66.4 Å². The highest BCUT2D eigenvalue weighted by atomic mass is 35.5. The molecular formula is C25H28ClNO5.